The third-order valence-electron chi connectivity index (χ3n) is 4.90. The fourth-order valence-corrected chi connectivity index (χ4v) is 3.72. The number of esters is 1. The Morgan fingerprint density at radius 3 is 2.48 bits per heavy atom. The van der Waals surface area contributed by atoms with Gasteiger partial charge in [-0.1, -0.05) is 26.5 Å². The lowest BCUT2D eigenvalue weighted by Gasteiger charge is -2.39. The van der Waals surface area contributed by atoms with E-state index in [1.54, 1.807) is 20.8 Å². The van der Waals surface area contributed by atoms with Crippen molar-refractivity contribution in [2.45, 2.75) is 53.6 Å². The first-order chi connectivity index (χ1) is 13.3. The van der Waals surface area contributed by atoms with Gasteiger partial charge in [0.25, 0.3) is 5.70 Å². The summed E-state index contributed by atoms with van der Waals surface area (Å²) in [6.07, 6.45) is 3.32. The van der Waals surface area contributed by atoms with Crippen LogP contribution >= 0.6 is 0 Å². The second-order valence-corrected chi connectivity index (χ2v) is 8.54. The standard InChI is InChI=1S/C22H28N2O5/c1-12(2)29-21(26)19-15(5)23-16-10-22(6,7)11-17(25)20(16)18(19)13(3)8-9-14(4)24(27)28/h8-9,12,18,23H,3-4,10-11H2,1-2,5-7H3/b9-8-. The Bertz CT molecular complexity index is 887. The molecule has 0 amide bonds. The molecular weight excluding hydrogens is 372 g/mol. The maximum Gasteiger partial charge on any atom is 0.337 e. The smallest absolute Gasteiger partial charge is 0.337 e. The Kier molecular flexibility index (Phi) is 6.30. The number of rotatable bonds is 6. The molecule has 156 valence electrons. The van der Waals surface area contributed by atoms with Crippen LogP contribution in [0.5, 0.6) is 0 Å². The molecule has 0 radical (unpaired) electrons. The quantitative estimate of drug-likeness (QED) is 0.313. The highest BCUT2D eigenvalue weighted by Gasteiger charge is 2.43. The number of ether oxygens (including phenoxy) is 1. The van der Waals surface area contributed by atoms with Gasteiger partial charge in [0, 0.05) is 35.4 Å². The molecule has 1 atom stereocenters. The van der Waals surface area contributed by atoms with Crippen LogP contribution in [0.15, 0.2) is 59.1 Å². The summed E-state index contributed by atoms with van der Waals surface area (Å²) in [5, 5.41) is 14.1. The molecule has 1 N–H and O–H groups in total. The maximum atomic E-state index is 13.0. The highest BCUT2D eigenvalue weighted by molar-refractivity contribution is 6.03. The van der Waals surface area contributed by atoms with E-state index in [4.69, 9.17) is 4.74 Å². The summed E-state index contributed by atoms with van der Waals surface area (Å²) in [7, 11) is 0. The molecule has 1 aliphatic carbocycles. The zero-order valence-corrected chi connectivity index (χ0v) is 17.6. The summed E-state index contributed by atoms with van der Waals surface area (Å²) >= 11 is 0. The summed E-state index contributed by atoms with van der Waals surface area (Å²) < 4.78 is 5.40. The van der Waals surface area contributed by atoms with Gasteiger partial charge in [-0.2, -0.15) is 0 Å². The van der Waals surface area contributed by atoms with Crippen LogP contribution in [-0.4, -0.2) is 22.8 Å². The van der Waals surface area contributed by atoms with E-state index in [1.807, 2.05) is 13.8 Å². The molecule has 2 rings (SSSR count). The minimum Gasteiger partial charge on any atom is -0.460 e. The van der Waals surface area contributed by atoms with E-state index in [0.717, 1.165) is 5.70 Å². The molecular formula is C22H28N2O5. The lowest BCUT2D eigenvalue weighted by molar-refractivity contribution is -0.418. The predicted molar refractivity (Wildman–Crippen MR) is 110 cm³/mol. The number of allylic oxidation sites excluding steroid dienone is 6. The molecule has 0 fully saturated rings. The van der Waals surface area contributed by atoms with Crippen LogP contribution in [0.3, 0.4) is 0 Å². The number of nitrogens with zero attached hydrogens (tertiary/aromatic N) is 1. The van der Waals surface area contributed by atoms with Gasteiger partial charge in [0.1, 0.15) is 0 Å². The molecule has 0 aromatic heterocycles. The fraction of sp³-hybridized carbons (Fsp3) is 0.455. The van der Waals surface area contributed by atoms with Crippen LogP contribution in [0, 0.1) is 21.4 Å². The number of nitro groups is 1. The molecule has 0 spiro atoms. The molecule has 0 saturated carbocycles. The SMILES string of the molecule is C=C(/C=C\C(=C)[N+](=O)[O-])C1C(C(=O)OC(C)C)=C(C)NC2=C1C(=O)CC(C)(C)C2. The average molecular weight is 400 g/mol. The van der Waals surface area contributed by atoms with E-state index in [1.165, 1.54) is 12.2 Å². The Hall–Kier alpha value is -2.96. The van der Waals surface area contributed by atoms with Gasteiger partial charge in [-0.3, -0.25) is 14.9 Å². The lowest BCUT2D eigenvalue weighted by Crippen LogP contribution is -2.40. The van der Waals surface area contributed by atoms with Crippen molar-refractivity contribution < 1.29 is 19.2 Å². The number of nitrogens with one attached hydrogen (secondary N) is 1. The first kappa shape index (κ1) is 22.3. The van der Waals surface area contributed by atoms with Crippen molar-refractivity contribution in [1.29, 1.82) is 0 Å². The zero-order chi connectivity index (χ0) is 22.1. The second-order valence-electron chi connectivity index (χ2n) is 8.54. The van der Waals surface area contributed by atoms with Gasteiger partial charge in [0.15, 0.2) is 5.78 Å². The Morgan fingerprint density at radius 2 is 1.93 bits per heavy atom. The van der Waals surface area contributed by atoms with E-state index in [2.05, 4.69) is 18.5 Å². The number of Topliss-reactive ketones (excluding diaryl/α,β-unsaturated/α-hetero) is 1. The third-order valence-corrected chi connectivity index (χ3v) is 4.90. The Morgan fingerprint density at radius 1 is 1.31 bits per heavy atom. The van der Waals surface area contributed by atoms with Crippen LogP contribution in [0.2, 0.25) is 0 Å². The predicted octanol–water partition coefficient (Wildman–Crippen LogP) is 3.98. The van der Waals surface area contributed by atoms with Crippen LogP contribution in [-0.2, 0) is 14.3 Å². The van der Waals surface area contributed by atoms with Crippen molar-refractivity contribution in [1.82, 2.24) is 5.32 Å². The Balaban J connectivity index is 2.56. The monoisotopic (exact) mass is 400 g/mol. The van der Waals surface area contributed by atoms with Gasteiger partial charge in [0.2, 0.25) is 0 Å². The second kappa shape index (κ2) is 8.19. The van der Waals surface area contributed by atoms with Gasteiger partial charge < -0.3 is 10.1 Å². The van der Waals surface area contributed by atoms with Gasteiger partial charge in [-0.05, 0) is 44.8 Å². The number of carbonyl (C=O) groups excluding carboxylic acids is 2. The first-order valence-corrected chi connectivity index (χ1v) is 9.49. The van der Waals surface area contributed by atoms with Crippen LogP contribution in [0.1, 0.15) is 47.5 Å². The molecule has 1 aliphatic heterocycles. The van der Waals surface area contributed by atoms with Gasteiger partial charge in [-0.15, -0.1) is 0 Å². The number of ketones is 1. The van der Waals surface area contributed by atoms with E-state index in [9.17, 15) is 19.7 Å². The van der Waals surface area contributed by atoms with Crippen molar-refractivity contribution in [2.75, 3.05) is 0 Å². The van der Waals surface area contributed by atoms with Crippen LogP contribution in [0.25, 0.3) is 0 Å². The normalized spacial score (nSPS) is 21.2. The zero-order valence-electron chi connectivity index (χ0n) is 17.6. The Labute approximate surface area is 171 Å². The summed E-state index contributed by atoms with van der Waals surface area (Å²) in [5.41, 5.74) is 2.01. The van der Waals surface area contributed by atoms with Crippen molar-refractivity contribution in [3.8, 4) is 0 Å². The molecule has 0 aromatic rings. The minimum absolute atomic E-state index is 0.0706. The van der Waals surface area contributed by atoms with Crippen molar-refractivity contribution in [3.63, 3.8) is 0 Å². The van der Waals surface area contributed by atoms with E-state index >= 15 is 0 Å². The molecule has 7 heteroatoms. The average Bonchev–Trinajstić information content (AvgIpc) is 2.55. The molecule has 2 aliphatic rings. The maximum absolute atomic E-state index is 13.0. The number of hydrogen-bond acceptors (Lipinski definition) is 6. The van der Waals surface area contributed by atoms with E-state index < -0.39 is 16.8 Å². The summed E-state index contributed by atoms with van der Waals surface area (Å²) in [5.74, 6) is -1.34. The van der Waals surface area contributed by atoms with E-state index in [0.29, 0.717) is 35.3 Å². The van der Waals surface area contributed by atoms with Gasteiger partial charge in [0.05, 0.1) is 16.6 Å². The third kappa shape index (κ3) is 4.91. The minimum atomic E-state index is -0.725. The molecule has 1 unspecified atom stereocenters. The summed E-state index contributed by atoms with van der Waals surface area (Å²) in [6, 6.07) is 0. The largest absolute Gasteiger partial charge is 0.460 e. The van der Waals surface area contributed by atoms with Crippen LogP contribution < -0.4 is 5.32 Å². The highest BCUT2D eigenvalue weighted by atomic mass is 16.6. The highest BCUT2D eigenvalue weighted by Crippen LogP contribution is 2.45. The number of hydrogen-bond donors (Lipinski definition) is 1. The van der Waals surface area contributed by atoms with Crippen molar-refractivity contribution in [3.05, 3.63) is 69.2 Å². The first-order valence-electron chi connectivity index (χ1n) is 9.49. The molecule has 0 saturated heterocycles. The summed E-state index contributed by atoms with van der Waals surface area (Å²) in [6.45, 7) is 16.7. The number of carbonyl (C=O) groups is 2. The molecule has 0 aromatic carbocycles. The van der Waals surface area contributed by atoms with Crippen molar-refractivity contribution in [2.24, 2.45) is 11.3 Å². The van der Waals surface area contributed by atoms with Gasteiger partial charge in [-0.25, -0.2) is 4.79 Å². The molecule has 29 heavy (non-hydrogen) atoms. The number of dihydropyridines is 1. The summed E-state index contributed by atoms with van der Waals surface area (Å²) in [4.78, 5) is 36.1. The fourth-order valence-electron chi connectivity index (χ4n) is 3.72. The van der Waals surface area contributed by atoms with Crippen molar-refractivity contribution >= 4 is 11.8 Å². The topological polar surface area (TPSA) is 98.5 Å². The molecule has 1 heterocycles. The van der Waals surface area contributed by atoms with E-state index in [-0.39, 0.29) is 23.0 Å². The molecule has 0 bridgehead atoms. The van der Waals surface area contributed by atoms with Crippen LogP contribution in [0.4, 0.5) is 0 Å². The molecule has 7 nitrogen and oxygen atoms in total. The van der Waals surface area contributed by atoms with Gasteiger partial charge >= 0.3 is 5.97 Å². The lowest BCUT2D eigenvalue weighted by atomic mass is 9.68.